The smallest absolute Gasteiger partial charge is 0.0683 e. The van der Waals surface area contributed by atoms with Gasteiger partial charge >= 0.3 is 0 Å². The van der Waals surface area contributed by atoms with Crippen LogP contribution in [0.5, 0.6) is 0 Å². The molecule has 2 rings (SSSR count). The average Bonchev–Trinajstić information content (AvgIpc) is 2.23. The molecule has 2 nitrogen and oxygen atoms in total. The minimum absolute atomic E-state index is 0.0898. The lowest BCUT2D eigenvalue weighted by atomic mass is 9.64. The van der Waals surface area contributed by atoms with E-state index in [4.69, 9.17) is 4.74 Å². The zero-order valence-corrected chi connectivity index (χ0v) is 10.7. The molecule has 1 saturated heterocycles. The van der Waals surface area contributed by atoms with Gasteiger partial charge in [-0.3, -0.25) is 4.98 Å². The van der Waals surface area contributed by atoms with Crippen molar-refractivity contribution in [1.29, 1.82) is 0 Å². The SMILES string of the molecule is CC1(C)OCCC(c2ccccn2)C1(C)C. The molecular weight excluding hydrogens is 198 g/mol. The maximum absolute atomic E-state index is 5.90. The van der Waals surface area contributed by atoms with Crippen LogP contribution in [0.2, 0.25) is 0 Å². The summed E-state index contributed by atoms with van der Waals surface area (Å²) in [6.45, 7) is 9.76. The Hall–Kier alpha value is -0.890. The van der Waals surface area contributed by atoms with Crippen molar-refractivity contribution in [3.05, 3.63) is 30.1 Å². The van der Waals surface area contributed by atoms with Crippen LogP contribution in [0.25, 0.3) is 0 Å². The molecule has 1 fully saturated rings. The van der Waals surface area contributed by atoms with Crippen molar-refractivity contribution in [3.63, 3.8) is 0 Å². The Bertz CT molecular complexity index is 356. The van der Waals surface area contributed by atoms with Gasteiger partial charge in [-0.15, -0.1) is 0 Å². The second-order valence-electron chi connectivity index (χ2n) is 5.68. The normalized spacial score (nSPS) is 27.6. The van der Waals surface area contributed by atoms with Crippen LogP contribution < -0.4 is 0 Å². The number of ether oxygens (including phenoxy) is 1. The van der Waals surface area contributed by atoms with Crippen molar-refractivity contribution in [1.82, 2.24) is 4.98 Å². The molecule has 1 aromatic heterocycles. The number of pyridine rings is 1. The van der Waals surface area contributed by atoms with Crippen molar-refractivity contribution in [2.75, 3.05) is 6.61 Å². The second kappa shape index (κ2) is 3.85. The highest BCUT2D eigenvalue weighted by Crippen LogP contribution is 2.49. The Morgan fingerprint density at radius 1 is 1.25 bits per heavy atom. The molecule has 0 aliphatic carbocycles. The van der Waals surface area contributed by atoms with Crippen molar-refractivity contribution in [2.24, 2.45) is 5.41 Å². The van der Waals surface area contributed by atoms with Gasteiger partial charge in [-0.05, 0) is 32.4 Å². The summed E-state index contributed by atoms with van der Waals surface area (Å²) in [6.07, 6.45) is 2.95. The molecule has 2 heterocycles. The highest BCUT2D eigenvalue weighted by Gasteiger charge is 2.47. The van der Waals surface area contributed by atoms with E-state index in [1.165, 1.54) is 5.69 Å². The van der Waals surface area contributed by atoms with Gasteiger partial charge in [0.05, 0.1) is 5.60 Å². The standard InChI is InChI=1S/C14H21NO/c1-13(2)11(8-10-16-14(13,3)4)12-7-5-6-9-15-12/h5-7,9,11H,8,10H2,1-4H3. The van der Waals surface area contributed by atoms with Crippen molar-refractivity contribution in [2.45, 2.75) is 45.6 Å². The third-order valence-electron chi connectivity index (χ3n) is 4.34. The lowest BCUT2D eigenvalue weighted by Crippen LogP contribution is -2.49. The molecule has 1 aromatic rings. The molecule has 0 bridgehead atoms. The summed E-state index contributed by atoms with van der Waals surface area (Å²) in [5.74, 6) is 0.484. The van der Waals surface area contributed by atoms with Crippen LogP contribution in [0.1, 0.15) is 45.7 Å². The third-order valence-corrected chi connectivity index (χ3v) is 4.34. The largest absolute Gasteiger partial charge is 0.375 e. The average molecular weight is 219 g/mol. The molecule has 0 N–H and O–H groups in total. The first-order chi connectivity index (χ1) is 7.45. The number of aromatic nitrogens is 1. The van der Waals surface area contributed by atoms with Gasteiger partial charge in [0.15, 0.2) is 0 Å². The van der Waals surface area contributed by atoms with Gasteiger partial charge in [-0.25, -0.2) is 0 Å². The van der Waals surface area contributed by atoms with Crippen molar-refractivity contribution < 1.29 is 4.74 Å². The maximum atomic E-state index is 5.90. The quantitative estimate of drug-likeness (QED) is 0.722. The summed E-state index contributed by atoms with van der Waals surface area (Å²) >= 11 is 0. The van der Waals surface area contributed by atoms with Crippen LogP contribution >= 0.6 is 0 Å². The fourth-order valence-corrected chi connectivity index (χ4v) is 2.50. The van der Waals surface area contributed by atoms with E-state index in [9.17, 15) is 0 Å². The molecule has 0 aromatic carbocycles. The molecule has 2 heteroatoms. The summed E-state index contributed by atoms with van der Waals surface area (Å²) < 4.78 is 5.90. The maximum Gasteiger partial charge on any atom is 0.0683 e. The molecule has 88 valence electrons. The molecule has 0 radical (unpaired) electrons. The summed E-state index contributed by atoms with van der Waals surface area (Å²) in [7, 11) is 0. The van der Waals surface area contributed by atoms with Gasteiger partial charge in [0.25, 0.3) is 0 Å². The van der Waals surface area contributed by atoms with E-state index in [2.05, 4.69) is 44.8 Å². The summed E-state index contributed by atoms with van der Waals surface area (Å²) in [6, 6.07) is 6.18. The highest BCUT2D eigenvalue weighted by molar-refractivity contribution is 5.16. The van der Waals surface area contributed by atoms with Crippen LogP contribution in [-0.4, -0.2) is 17.2 Å². The van der Waals surface area contributed by atoms with E-state index < -0.39 is 0 Å². The highest BCUT2D eigenvalue weighted by atomic mass is 16.5. The van der Waals surface area contributed by atoms with Crippen molar-refractivity contribution in [3.8, 4) is 0 Å². The predicted molar refractivity (Wildman–Crippen MR) is 65.4 cm³/mol. The molecular formula is C14H21NO. The van der Waals surface area contributed by atoms with Gasteiger partial charge in [-0.2, -0.15) is 0 Å². The van der Waals surface area contributed by atoms with E-state index in [0.717, 1.165) is 13.0 Å². The first kappa shape index (κ1) is 11.6. The fraction of sp³-hybridized carbons (Fsp3) is 0.643. The fourth-order valence-electron chi connectivity index (χ4n) is 2.50. The van der Waals surface area contributed by atoms with E-state index in [-0.39, 0.29) is 11.0 Å². The first-order valence-electron chi connectivity index (χ1n) is 6.00. The summed E-state index contributed by atoms with van der Waals surface area (Å²) in [5.41, 5.74) is 1.22. The monoisotopic (exact) mass is 219 g/mol. The zero-order chi connectivity index (χ0) is 11.8. The molecule has 16 heavy (non-hydrogen) atoms. The van der Waals surface area contributed by atoms with Crippen LogP contribution in [0.4, 0.5) is 0 Å². The predicted octanol–water partition coefficient (Wildman–Crippen LogP) is 3.39. The van der Waals surface area contributed by atoms with Crippen LogP contribution in [-0.2, 0) is 4.74 Å². The lowest BCUT2D eigenvalue weighted by Gasteiger charge is -2.50. The Kier molecular flexibility index (Phi) is 2.79. The molecule has 0 spiro atoms. The molecule has 0 amide bonds. The molecule has 1 unspecified atom stereocenters. The van der Waals surface area contributed by atoms with E-state index in [0.29, 0.717) is 5.92 Å². The van der Waals surface area contributed by atoms with Gasteiger partial charge < -0.3 is 4.74 Å². The minimum Gasteiger partial charge on any atom is -0.375 e. The molecule has 1 aliphatic heterocycles. The Morgan fingerprint density at radius 2 is 2.00 bits per heavy atom. The van der Waals surface area contributed by atoms with Crippen molar-refractivity contribution >= 4 is 0 Å². The van der Waals surface area contributed by atoms with Gasteiger partial charge in [0.2, 0.25) is 0 Å². The van der Waals surface area contributed by atoms with E-state index in [1.54, 1.807) is 0 Å². The summed E-state index contributed by atoms with van der Waals surface area (Å²) in [4.78, 5) is 4.51. The summed E-state index contributed by atoms with van der Waals surface area (Å²) in [5, 5.41) is 0. The first-order valence-corrected chi connectivity index (χ1v) is 6.00. The topological polar surface area (TPSA) is 22.1 Å². The molecule has 0 saturated carbocycles. The minimum atomic E-state index is -0.0898. The Morgan fingerprint density at radius 3 is 2.62 bits per heavy atom. The van der Waals surface area contributed by atoms with Gasteiger partial charge in [0.1, 0.15) is 0 Å². The van der Waals surface area contributed by atoms with Crippen LogP contribution in [0, 0.1) is 5.41 Å². The van der Waals surface area contributed by atoms with Crippen LogP contribution in [0.15, 0.2) is 24.4 Å². The van der Waals surface area contributed by atoms with E-state index >= 15 is 0 Å². The van der Waals surface area contributed by atoms with E-state index in [1.807, 2.05) is 12.3 Å². The molecule has 1 aliphatic rings. The number of rotatable bonds is 1. The Labute approximate surface area is 98.0 Å². The number of hydrogen-bond donors (Lipinski definition) is 0. The van der Waals surface area contributed by atoms with Gasteiger partial charge in [-0.1, -0.05) is 19.9 Å². The van der Waals surface area contributed by atoms with Crippen LogP contribution in [0.3, 0.4) is 0 Å². The molecule has 1 atom stereocenters. The zero-order valence-electron chi connectivity index (χ0n) is 10.7. The lowest BCUT2D eigenvalue weighted by molar-refractivity contribution is -0.145. The van der Waals surface area contributed by atoms with Gasteiger partial charge in [0, 0.05) is 29.8 Å². The Balaban J connectivity index is 2.35. The number of nitrogens with zero attached hydrogens (tertiary/aromatic N) is 1. The third kappa shape index (κ3) is 1.75. The second-order valence-corrected chi connectivity index (χ2v) is 5.68. The number of hydrogen-bond acceptors (Lipinski definition) is 2.